The molecule has 3 aromatic carbocycles. The smallest absolute Gasteiger partial charge is 0.264 e. The van der Waals surface area contributed by atoms with Gasteiger partial charge < -0.3 is 10.2 Å². The number of aryl methyl sites for hydroxylation is 1. The Bertz CT molecular complexity index is 1400. The molecule has 1 atom stereocenters. The SMILES string of the molecule is CCCCNC(=O)[C@@H](CC)N(Cc1ccc(F)cc1)C(=O)CN(c1cccc(C)c1)S(=O)(=O)c1ccc(Cl)cc1. The highest BCUT2D eigenvalue weighted by molar-refractivity contribution is 7.92. The molecule has 7 nitrogen and oxygen atoms in total. The van der Waals surface area contributed by atoms with Gasteiger partial charge in [-0.15, -0.1) is 0 Å². The largest absolute Gasteiger partial charge is 0.354 e. The summed E-state index contributed by atoms with van der Waals surface area (Å²) in [6.07, 6.45) is 1.98. The number of anilines is 1. The van der Waals surface area contributed by atoms with E-state index in [0.29, 0.717) is 29.2 Å². The number of nitrogens with zero attached hydrogens (tertiary/aromatic N) is 2. The fourth-order valence-electron chi connectivity index (χ4n) is 4.26. The van der Waals surface area contributed by atoms with Crippen molar-refractivity contribution in [2.24, 2.45) is 0 Å². The first-order chi connectivity index (χ1) is 19.1. The average Bonchev–Trinajstić information content (AvgIpc) is 2.93. The van der Waals surface area contributed by atoms with E-state index < -0.39 is 34.3 Å². The van der Waals surface area contributed by atoms with Crippen LogP contribution in [0.2, 0.25) is 5.02 Å². The van der Waals surface area contributed by atoms with E-state index in [-0.39, 0.29) is 17.3 Å². The highest BCUT2D eigenvalue weighted by Crippen LogP contribution is 2.26. The third-order valence-electron chi connectivity index (χ3n) is 6.45. The predicted molar refractivity (Wildman–Crippen MR) is 156 cm³/mol. The van der Waals surface area contributed by atoms with E-state index in [2.05, 4.69) is 5.32 Å². The van der Waals surface area contributed by atoms with Gasteiger partial charge in [0.1, 0.15) is 18.4 Å². The van der Waals surface area contributed by atoms with Crippen LogP contribution in [0, 0.1) is 12.7 Å². The molecule has 0 aliphatic rings. The van der Waals surface area contributed by atoms with Crippen molar-refractivity contribution in [1.29, 1.82) is 0 Å². The fraction of sp³-hybridized carbons (Fsp3) is 0.333. The molecule has 0 aromatic heterocycles. The third kappa shape index (κ3) is 8.05. The summed E-state index contributed by atoms with van der Waals surface area (Å²) in [6, 6.07) is 17.3. The molecule has 0 radical (unpaired) electrons. The van der Waals surface area contributed by atoms with Gasteiger partial charge >= 0.3 is 0 Å². The van der Waals surface area contributed by atoms with Crippen molar-refractivity contribution in [3.8, 4) is 0 Å². The Morgan fingerprint density at radius 2 is 1.68 bits per heavy atom. The molecule has 0 bridgehead atoms. The van der Waals surface area contributed by atoms with Crippen LogP contribution in [-0.2, 0) is 26.2 Å². The number of carbonyl (C=O) groups is 2. The van der Waals surface area contributed by atoms with E-state index >= 15 is 0 Å². The molecule has 0 heterocycles. The van der Waals surface area contributed by atoms with Crippen molar-refractivity contribution in [2.75, 3.05) is 17.4 Å². The van der Waals surface area contributed by atoms with Crippen LogP contribution in [0.15, 0.2) is 77.7 Å². The lowest BCUT2D eigenvalue weighted by Crippen LogP contribution is -2.52. The summed E-state index contributed by atoms with van der Waals surface area (Å²) in [7, 11) is -4.19. The van der Waals surface area contributed by atoms with Gasteiger partial charge in [-0.2, -0.15) is 0 Å². The summed E-state index contributed by atoms with van der Waals surface area (Å²) in [5.41, 5.74) is 1.73. The predicted octanol–water partition coefficient (Wildman–Crippen LogP) is 5.71. The Kier molecular flexibility index (Phi) is 11.1. The van der Waals surface area contributed by atoms with E-state index in [9.17, 15) is 22.4 Å². The Morgan fingerprint density at radius 1 is 1.00 bits per heavy atom. The van der Waals surface area contributed by atoms with Gasteiger partial charge in [0.2, 0.25) is 11.8 Å². The van der Waals surface area contributed by atoms with Crippen molar-refractivity contribution < 1.29 is 22.4 Å². The highest BCUT2D eigenvalue weighted by Gasteiger charge is 2.33. The standard InChI is InChI=1S/C30H35ClFN3O4S/c1-4-6-18-33-30(37)28(5-2)34(20-23-10-14-25(32)15-11-23)29(36)21-35(26-9-7-8-22(3)19-26)40(38,39)27-16-12-24(31)13-17-27/h7-17,19,28H,4-6,18,20-21H2,1-3H3,(H,33,37)/t28-/m1/s1. The molecule has 1 N–H and O–H groups in total. The van der Waals surface area contributed by atoms with Crippen molar-refractivity contribution in [1.82, 2.24) is 10.2 Å². The van der Waals surface area contributed by atoms with E-state index in [4.69, 9.17) is 11.6 Å². The van der Waals surface area contributed by atoms with Crippen molar-refractivity contribution in [2.45, 2.75) is 57.5 Å². The number of unbranched alkanes of at least 4 members (excludes halogenated alkanes) is 1. The molecule has 0 fully saturated rings. The van der Waals surface area contributed by atoms with Gasteiger partial charge in [-0.3, -0.25) is 13.9 Å². The van der Waals surface area contributed by atoms with E-state index in [1.165, 1.54) is 41.3 Å². The fourth-order valence-corrected chi connectivity index (χ4v) is 5.79. The monoisotopic (exact) mass is 587 g/mol. The number of carbonyl (C=O) groups excluding carboxylic acids is 2. The maximum atomic E-state index is 14.0. The number of benzene rings is 3. The molecular formula is C30H35ClFN3O4S. The second-order valence-corrected chi connectivity index (χ2v) is 11.8. The van der Waals surface area contributed by atoms with Crippen LogP contribution in [0.1, 0.15) is 44.2 Å². The van der Waals surface area contributed by atoms with Gasteiger partial charge in [0, 0.05) is 18.1 Å². The molecule has 0 spiro atoms. The Morgan fingerprint density at radius 3 is 2.27 bits per heavy atom. The maximum absolute atomic E-state index is 14.0. The lowest BCUT2D eigenvalue weighted by atomic mass is 10.1. The van der Waals surface area contributed by atoms with Crippen LogP contribution < -0.4 is 9.62 Å². The zero-order chi connectivity index (χ0) is 29.3. The van der Waals surface area contributed by atoms with Crippen molar-refractivity contribution >= 4 is 39.1 Å². The zero-order valence-corrected chi connectivity index (χ0v) is 24.5. The van der Waals surface area contributed by atoms with Crippen LogP contribution in [-0.4, -0.2) is 44.3 Å². The summed E-state index contributed by atoms with van der Waals surface area (Å²) in [5, 5.41) is 3.26. The number of hydrogen-bond acceptors (Lipinski definition) is 4. The first-order valence-corrected chi connectivity index (χ1v) is 15.0. The number of sulfonamides is 1. The molecule has 0 unspecified atom stereocenters. The summed E-state index contributed by atoms with van der Waals surface area (Å²) in [6.45, 7) is 5.54. The van der Waals surface area contributed by atoms with Crippen molar-refractivity contribution in [3.05, 3.63) is 94.8 Å². The molecular weight excluding hydrogens is 553 g/mol. The minimum Gasteiger partial charge on any atom is -0.354 e. The van der Waals surface area contributed by atoms with Gasteiger partial charge in [0.05, 0.1) is 10.6 Å². The molecule has 0 aliphatic heterocycles. The molecule has 214 valence electrons. The summed E-state index contributed by atoms with van der Waals surface area (Å²) in [5.74, 6) is -1.32. The number of rotatable bonds is 13. The lowest BCUT2D eigenvalue weighted by Gasteiger charge is -2.33. The molecule has 40 heavy (non-hydrogen) atoms. The van der Waals surface area contributed by atoms with E-state index in [0.717, 1.165) is 22.7 Å². The summed E-state index contributed by atoms with van der Waals surface area (Å²) in [4.78, 5) is 28.5. The van der Waals surface area contributed by atoms with Crippen molar-refractivity contribution in [3.63, 3.8) is 0 Å². The average molecular weight is 588 g/mol. The Labute approximate surface area is 241 Å². The quantitative estimate of drug-likeness (QED) is 0.260. The van der Waals surface area contributed by atoms with Crippen LogP contribution in [0.25, 0.3) is 0 Å². The first kappa shape index (κ1) is 31.1. The first-order valence-electron chi connectivity index (χ1n) is 13.2. The van der Waals surface area contributed by atoms with Crippen LogP contribution >= 0.6 is 11.6 Å². The number of nitrogens with one attached hydrogen (secondary N) is 1. The zero-order valence-electron chi connectivity index (χ0n) is 22.9. The molecule has 3 rings (SSSR count). The van der Waals surface area contributed by atoms with E-state index in [1.807, 2.05) is 19.9 Å². The topological polar surface area (TPSA) is 86.8 Å². The molecule has 3 aromatic rings. The normalized spacial score (nSPS) is 12.0. The molecule has 2 amide bonds. The third-order valence-corrected chi connectivity index (χ3v) is 8.49. The minimum absolute atomic E-state index is 0.00146. The second kappa shape index (κ2) is 14.3. The summed E-state index contributed by atoms with van der Waals surface area (Å²) >= 11 is 5.99. The molecule has 10 heteroatoms. The Balaban J connectivity index is 2.03. The van der Waals surface area contributed by atoms with Gasteiger partial charge in [0.25, 0.3) is 10.0 Å². The van der Waals surface area contributed by atoms with Gasteiger partial charge in [0.15, 0.2) is 0 Å². The Hall–Kier alpha value is -3.43. The van der Waals surface area contributed by atoms with Gasteiger partial charge in [-0.1, -0.05) is 56.1 Å². The van der Waals surface area contributed by atoms with E-state index in [1.54, 1.807) is 37.3 Å². The highest BCUT2D eigenvalue weighted by atomic mass is 35.5. The number of halogens is 2. The molecule has 0 saturated carbocycles. The van der Waals surface area contributed by atoms with Crippen LogP contribution in [0.4, 0.5) is 10.1 Å². The van der Waals surface area contributed by atoms with Crippen LogP contribution in [0.3, 0.4) is 0 Å². The minimum atomic E-state index is -4.19. The number of amides is 2. The molecule has 0 aliphatic carbocycles. The maximum Gasteiger partial charge on any atom is 0.264 e. The summed E-state index contributed by atoms with van der Waals surface area (Å²) < 4.78 is 42.3. The van der Waals surface area contributed by atoms with Crippen LogP contribution in [0.5, 0.6) is 0 Å². The second-order valence-electron chi connectivity index (χ2n) is 9.52. The number of hydrogen-bond donors (Lipinski definition) is 1. The van der Waals surface area contributed by atoms with Gasteiger partial charge in [-0.05, 0) is 79.4 Å². The lowest BCUT2D eigenvalue weighted by molar-refractivity contribution is -0.140. The van der Waals surface area contributed by atoms with Gasteiger partial charge in [-0.25, -0.2) is 12.8 Å². The molecule has 0 saturated heterocycles.